The number of hydrogen-bond donors (Lipinski definition) is 0. The van der Waals surface area contributed by atoms with Crippen molar-refractivity contribution in [1.29, 1.82) is 0 Å². The Labute approximate surface area is 167 Å². The first-order valence-corrected chi connectivity index (χ1v) is 9.79. The van der Waals surface area contributed by atoms with Gasteiger partial charge >= 0.3 is 11.9 Å². The molecular formula is C21H21NO5S. The molecular weight excluding hydrogens is 378 g/mol. The summed E-state index contributed by atoms with van der Waals surface area (Å²) in [6.45, 7) is 2.37. The van der Waals surface area contributed by atoms with Crippen LogP contribution in [0.25, 0.3) is 0 Å². The summed E-state index contributed by atoms with van der Waals surface area (Å²) in [7, 11) is 1.29. The van der Waals surface area contributed by atoms with Crippen molar-refractivity contribution < 1.29 is 23.9 Å². The number of hydrogen-bond acceptors (Lipinski definition) is 6. The highest BCUT2D eigenvalue weighted by Crippen LogP contribution is 2.37. The van der Waals surface area contributed by atoms with Crippen LogP contribution in [0.2, 0.25) is 0 Å². The van der Waals surface area contributed by atoms with Crippen molar-refractivity contribution in [3.8, 4) is 0 Å². The third kappa shape index (κ3) is 4.54. The molecule has 3 rings (SSSR count). The third-order valence-electron chi connectivity index (χ3n) is 4.41. The van der Waals surface area contributed by atoms with Crippen LogP contribution < -0.4 is 4.90 Å². The molecule has 0 unspecified atom stereocenters. The molecule has 146 valence electrons. The van der Waals surface area contributed by atoms with Crippen molar-refractivity contribution in [3.63, 3.8) is 0 Å². The average Bonchev–Trinajstić information content (AvgIpc) is 2.89. The van der Waals surface area contributed by atoms with Crippen molar-refractivity contribution in [1.82, 2.24) is 0 Å². The largest absolute Gasteiger partial charge is 0.465 e. The number of anilines is 1. The van der Waals surface area contributed by atoms with Crippen molar-refractivity contribution >= 4 is 35.3 Å². The first-order chi connectivity index (χ1) is 13.5. The Hall–Kier alpha value is -2.80. The number of thioether (sulfide) groups is 1. The molecule has 7 heteroatoms. The summed E-state index contributed by atoms with van der Waals surface area (Å²) in [5.74, 6) is -1.36. The van der Waals surface area contributed by atoms with Crippen LogP contribution in [-0.4, -0.2) is 43.4 Å². The van der Waals surface area contributed by atoms with Gasteiger partial charge in [-0.3, -0.25) is 4.79 Å². The zero-order valence-electron chi connectivity index (χ0n) is 15.7. The SMILES string of the molecule is COC(=O)c1ccc(C(=O)OCC(=O)N2CC[C@@H](C)Sc3ccccc32)cc1. The van der Waals surface area contributed by atoms with Gasteiger partial charge in [0.25, 0.3) is 5.91 Å². The molecule has 0 N–H and O–H groups in total. The molecule has 2 aromatic carbocycles. The van der Waals surface area contributed by atoms with Crippen LogP contribution in [0.3, 0.4) is 0 Å². The van der Waals surface area contributed by atoms with E-state index >= 15 is 0 Å². The van der Waals surface area contributed by atoms with Crippen LogP contribution in [0.15, 0.2) is 53.4 Å². The molecule has 1 atom stereocenters. The number of carbonyl (C=O) groups excluding carboxylic acids is 3. The lowest BCUT2D eigenvalue weighted by atomic mass is 10.1. The van der Waals surface area contributed by atoms with Gasteiger partial charge < -0.3 is 14.4 Å². The van der Waals surface area contributed by atoms with E-state index in [1.165, 1.54) is 31.4 Å². The van der Waals surface area contributed by atoms with E-state index in [-0.39, 0.29) is 18.1 Å². The summed E-state index contributed by atoms with van der Waals surface area (Å²) in [5, 5.41) is 0.398. The smallest absolute Gasteiger partial charge is 0.338 e. The molecule has 1 aliphatic heterocycles. The lowest BCUT2D eigenvalue weighted by Crippen LogP contribution is -2.35. The van der Waals surface area contributed by atoms with Crippen LogP contribution in [0.4, 0.5) is 5.69 Å². The van der Waals surface area contributed by atoms with Crippen LogP contribution in [0, 0.1) is 0 Å². The number of rotatable bonds is 4. The van der Waals surface area contributed by atoms with E-state index in [0.29, 0.717) is 17.4 Å². The number of methoxy groups -OCH3 is 1. The molecule has 0 saturated heterocycles. The molecule has 0 aliphatic carbocycles. The van der Waals surface area contributed by atoms with Gasteiger partial charge in [-0.15, -0.1) is 11.8 Å². The van der Waals surface area contributed by atoms with Crippen LogP contribution in [-0.2, 0) is 14.3 Å². The summed E-state index contributed by atoms with van der Waals surface area (Å²) < 4.78 is 9.82. The number of nitrogens with zero attached hydrogens (tertiary/aromatic N) is 1. The lowest BCUT2D eigenvalue weighted by molar-refractivity contribution is -0.121. The molecule has 28 heavy (non-hydrogen) atoms. The van der Waals surface area contributed by atoms with E-state index in [1.54, 1.807) is 16.7 Å². The average molecular weight is 399 g/mol. The monoisotopic (exact) mass is 399 g/mol. The Morgan fingerprint density at radius 3 is 2.36 bits per heavy atom. The number of para-hydroxylation sites is 1. The van der Waals surface area contributed by atoms with Crippen molar-refractivity contribution in [2.24, 2.45) is 0 Å². The van der Waals surface area contributed by atoms with E-state index in [4.69, 9.17) is 4.74 Å². The summed E-state index contributed by atoms with van der Waals surface area (Å²) in [5.41, 5.74) is 1.45. The first kappa shape index (κ1) is 19.9. The predicted molar refractivity (Wildman–Crippen MR) is 107 cm³/mol. The molecule has 6 nitrogen and oxygen atoms in total. The van der Waals surface area contributed by atoms with Crippen molar-refractivity contribution in [3.05, 3.63) is 59.7 Å². The van der Waals surface area contributed by atoms with Gasteiger partial charge in [-0.1, -0.05) is 19.1 Å². The number of esters is 2. The fourth-order valence-electron chi connectivity index (χ4n) is 2.89. The van der Waals surface area contributed by atoms with Crippen LogP contribution >= 0.6 is 11.8 Å². The minimum Gasteiger partial charge on any atom is -0.465 e. The second-order valence-corrected chi connectivity index (χ2v) is 7.86. The molecule has 1 aliphatic rings. The minimum absolute atomic E-state index is 0.262. The van der Waals surface area contributed by atoms with E-state index in [0.717, 1.165) is 17.0 Å². The van der Waals surface area contributed by atoms with Gasteiger partial charge in [0.15, 0.2) is 6.61 Å². The molecule has 2 aromatic rings. The second-order valence-electron chi connectivity index (χ2n) is 6.38. The van der Waals surface area contributed by atoms with Gasteiger partial charge in [-0.05, 0) is 42.8 Å². The summed E-state index contributed by atoms with van der Waals surface area (Å²) in [6, 6.07) is 13.6. The molecule has 0 aromatic heterocycles. The zero-order valence-corrected chi connectivity index (χ0v) is 16.5. The van der Waals surface area contributed by atoms with Gasteiger partial charge in [0.05, 0.1) is 23.9 Å². The fraction of sp³-hybridized carbons (Fsp3) is 0.286. The highest BCUT2D eigenvalue weighted by Gasteiger charge is 2.25. The summed E-state index contributed by atoms with van der Waals surface area (Å²) in [6.07, 6.45) is 0.855. The first-order valence-electron chi connectivity index (χ1n) is 8.91. The Kier molecular flexibility index (Phi) is 6.36. The Balaban J connectivity index is 1.65. The highest BCUT2D eigenvalue weighted by molar-refractivity contribution is 8.00. The van der Waals surface area contributed by atoms with Gasteiger partial charge in [0.1, 0.15) is 0 Å². The third-order valence-corrected chi connectivity index (χ3v) is 5.65. The van der Waals surface area contributed by atoms with Gasteiger partial charge in [0.2, 0.25) is 0 Å². The topological polar surface area (TPSA) is 72.9 Å². The van der Waals surface area contributed by atoms with Gasteiger partial charge in [-0.25, -0.2) is 9.59 Å². The summed E-state index contributed by atoms with van der Waals surface area (Å²) >= 11 is 1.74. The van der Waals surface area contributed by atoms with E-state index in [9.17, 15) is 14.4 Å². The molecule has 0 fully saturated rings. The lowest BCUT2D eigenvalue weighted by Gasteiger charge is -2.22. The number of fused-ring (bicyclic) bond motifs is 1. The number of benzene rings is 2. The van der Waals surface area contributed by atoms with E-state index in [2.05, 4.69) is 11.7 Å². The van der Waals surface area contributed by atoms with E-state index in [1.807, 2.05) is 24.3 Å². The van der Waals surface area contributed by atoms with Crippen LogP contribution in [0.1, 0.15) is 34.1 Å². The van der Waals surface area contributed by atoms with Gasteiger partial charge in [-0.2, -0.15) is 0 Å². The minimum atomic E-state index is -0.615. The molecule has 0 saturated carbocycles. The maximum atomic E-state index is 12.7. The van der Waals surface area contributed by atoms with Crippen molar-refractivity contribution in [2.45, 2.75) is 23.5 Å². The Morgan fingerprint density at radius 2 is 1.68 bits per heavy atom. The highest BCUT2D eigenvalue weighted by atomic mass is 32.2. The number of ether oxygens (including phenoxy) is 2. The molecule has 1 heterocycles. The van der Waals surface area contributed by atoms with E-state index < -0.39 is 11.9 Å². The predicted octanol–water partition coefficient (Wildman–Crippen LogP) is 3.55. The second kappa shape index (κ2) is 8.93. The standard InChI is InChI=1S/C21H21NO5S/c1-14-11-12-22(17-5-3-4-6-18(17)28-14)19(23)13-27-21(25)16-9-7-15(8-10-16)20(24)26-2/h3-10,14H,11-13H2,1-2H3/t14-/m1/s1. The molecule has 0 bridgehead atoms. The normalized spacial score (nSPS) is 15.9. The maximum Gasteiger partial charge on any atom is 0.338 e. The Morgan fingerprint density at radius 1 is 1.04 bits per heavy atom. The molecule has 0 spiro atoms. The molecule has 1 amide bonds. The Bertz CT molecular complexity index is 881. The maximum absolute atomic E-state index is 12.7. The number of amides is 1. The fourth-order valence-corrected chi connectivity index (χ4v) is 4.01. The quantitative estimate of drug-likeness (QED) is 0.732. The summed E-state index contributed by atoms with van der Waals surface area (Å²) in [4.78, 5) is 39.1. The zero-order chi connectivity index (χ0) is 20.1. The van der Waals surface area contributed by atoms with Crippen molar-refractivity contribution in [2.75, 3.05) is 25.2 Å². The molecule has 0 radical (unpaired) electrons. The van der Waals surface area contributed by atoms with Gasteiger partial charge in [0, 0.05) is 16.7 Å². The van der Waals surface area contributed by atoms with Crippen LogP contribution in [0.5, 0.6) is 0 Å². The number of carbonyl (C=O) groups is 3.